The van der Waals surface area contributed by atoms with Gasteiger partial charge in [0.1, 0.15) is 0 Å². The van der Waals surface area contributed by atoms with E-state index in [9.17, 15) is 4.79 Å². The number of aromatic nitrogens is 2. The number of rotatable bonds is 5. The van der Waals surface area contributed by atoms with Gasteiger partial charge in [-0.05, 0) is 12.3 Å². The summed E-state index contributed by atoms with van der Waals surface area (Å²) in [5, 5.41) is 8.03. The molecule has 0 fully saturated rings. The third-order valence-electron chi connectivity index (χ3n) is 2.00. The first kappa shape index (κ1) is 13.4. The molecular formula is C9H10N4O2S3. The molecule has 96 valence electrons. The lowest BCUT2D eigenvalue weighted by Gasteiger charge is -1.99. The number of nitrogen functional groups attached to an aromatic ring is 1. The minimum Gasteiger partial charge on any atom is -0.459 e. The zero-order chi connectivity index (χ0) is 13.0. The maximum absolute atomic E-state index is 11.4. The van der Waals surface area contributed by atoms with Gasteiger partial charge in [0.05, 0.1) is 6.26 Å². The highest BCUT2D eigenvalue weighted by Crippen LogP contribution is 2.30. The van der Waals surface area contributed by atoms with Crippen LogP contribution >= 0.6 is 34.9 Å². The van der Waals surface area contributed by atoms with E-state index in [2.05, 4.69) is 10.2 Å². The maximum Gasteiger partial charge on any atom is 0.301 e. The molecule has 0 spiro atoms. The molecule has 9 heteroatoms. The fraction of sp³-hybridized carbons (Fsp3) is 0.222. The van der Waals surface area contributed by atoms with Crippen LogP contribution in [0.5, 0.6) is 0 Å². The zero-order valence-electron chi connectivity index (χ0n) is 9.37. The van der Waals surface area contributed by atoms with E-state index in [0.717, 1.165) is 14.2 Å². The largest absolute Gasteiger partial charge is 0.459 e. The molecule has 18 heavy (non-hydrogen) atoms. The summed E-state index contributed by atoms with van der Waals surface area (Å²) in [5.74, 6) is 5.46. The second-order valence-corrected chi connectivity index (χ2v) is 6.33. The van der Waals surface area contributed by atoms with Gasteiger partial charge in [-0.1, -0.05) is 34.9 Å². The van der Waals surface area contributed by atoms with Crippen LogP contribution in [0.15, 0.2) is 25.4 Å². The van der Waals surface area contributed by atoms with Gasteiger partial charge in [0.25, 0.3) is 0 Å². The number of nitrogens with one attached hydrogen (secondary N) is 1. The highest BCUT2D eigenvalue weighted by Gasteiger charge is 2.15. The molecule has 1 amide bonds. The number of carbonyl (C=O) groups excluding carboxylic acids is 1. The van der Waals surface area contributed by atoms with Crippen LogP contribution in [-0.4, -0.2) is 22.4 Å². The molecule has 0 atom stereocenters. The number of carbonyl (C=O) groups is 1. The Morgan fingerprint density at radius 1 is 1.56 bits per heavy atom. The normalized spacial score (nSPS) is 10.6. The first-order chi connectivity index (χ1) is 8.74. The van der Waals surface area contributed by atoms with Gasteiger partial charge in [-0.3, -0.25) is 10.2 Å². The van der Waals surface area contributed by atoms with Crippen LogP contribution in [0.3, 0.4) is 0 Å². The predicted octanol–water partition coefficient (Wildman–Crippen LogP) is 1.75. The van der Waals surface area contributed by atoms with E-state index >= 15 is 0 Å². The lowest BCUT2D eigenvalue weighted by Crippen LogP contribution is -2.30. The van der Waals surface area contributed by atoms with Gasteiger partial charge < -0.3 is 4.42 Å². The molecule has 2 aromatic rings. The van der Waals surface area contributed by atoms with Gasteiger partial charge in [-0.15, -0.1) is 10.2 Å². The molecule has 0 aliphatic heterocycles. The Balaban J connectivity index is 2.02. The minimum absolute atomic E-state index is 0.236. The van der Waals surface area contributed by atoms with Crippen molar-refractivity contribution in [2.24, 2.45) is 5.84 Å². The van der Waals surface area contributed by atoms with Crippen LogP contribution in [0.1, 0.15) is 16.1 Å². The highest BCUT2D eigenvalue weighted by molar-refractivity contribution is 8.02. The number of hydrogen-bond donors (Lipinski definition) is 2. The molecule has 0 saturated heterocycles. The van der Waals surface area contributed by atoms with Crippen molar-refractivity contribution >= 4 is 40.8 Å². The van der Waals surface area contributed by atoms with E-state index in [1.54, 1.807) is 17.8 Å². The Morgan fingerprint density at radius 2 is 2.33 bits per heavy atom. The second kappa shape index (κ2) is 6.23. The molecular weight excluding hydrogens is 292 g/mol. The Bertz CT molecular complexity index is 539. The van der Waals surface area contributed by atoms with E-state index in [-0.39, 0.29) is 5.76 Å². The summed E-state index contributed by atoms with van der Waals surface area (Å²) >= 11 is 4.59. The minimum atomic E-state index is -0.433. The summed E-state index contributed by atoms with van der Waals surface area (Å²) in [6.07, 6.45) is 3.42. The Labute approximate surface area is 116 Å². The number of hydrazine groups is 1. The summed E-state index contributed by atoms with van der Waals surface area (Å²) in [5.41, 5.74) is 2.83. The van der Waals surface area contributed by atoms with Crippen molar-refractivity contribution < 1.29 is 9.21 Å². The molecule has 0 radical (unpaired) electrons. The van der Waals surface area contributed by atoms with Gasteiger partial charge in [-0.2, -0.15) is 0 Å². The molecule has 0 aliphatic rings. The Morgan fingerprint density at radius 3 is 3.00 bits per heavy atom. The molecule has 3 N–H and O–H groups in total. The van der Waals surface area contributed by atoms with Crippen LogP contribution in [-0.2, 0) is 5.75 Å². The van der Waals surface area contributed by atoms with Crippen molar-refractivity contribution in [3.8, 4) is 0 Å². The SMILES string of the molecule is CSc1nnc(SCc2ccoc2C(=O)NN)s1. The quantitative estimate of drug-likeness (QED) is 0.376. The van der Waals surface area contributed by atoms with Crippen LogP contribution < -0.4 is 11.3 Å². The smallest absolute Gasteiger partial charge is 0.301 e. The van der Waals surface area contributed by atoms with E-state index in [1.165, 1.54) is 29.4 Å². The van der Waals surface area contributed by atoms with Crippen LogP contribution in [0, 0.1) is 0 Å². The highest BCUT2D eigenvalue weighted by atomic mass is 32.2. The van der Waals surface area contributed by atoms with Crippen molar-refractivity contribution in [3.63, 3.8) is 0 Å². The maximum atomic E-state index is 11.4. The van der Waals surface area contributed by atoms with Crippen molar-refractivity contribution in [2.75, 3.05) is 6.26 Å². The van der Waals surface area contributed by atoms with Crippen LogP contribution in [0.2, 0.25) is 0 Å². The van der Waals surface area contributed by atoms with E-state index in [0.29, 0.717) is 5.75 Å². The molecule has 6 nitrogen and oxygen atoms in total. The van der Waals surface area contributed by atoms with Crippen LogP contribution in [0.25, 0.3) is 0 Å². The summed E-state index contributed by atoms with van der Waals surface area (Å²) in [4.78, 5) is 11.4. The number of nitrogens with two attached hydrogens (primary N) is 1. The van der Waals surface area contributed by atoms with Gasteiger partial charge >= 0.3 is 5.91 Å². The monoisotopic (exact) mass is 302 g/mol. The molecule has 2 aromatic heterocycles. The first-order valence-corrected chi connectivity index (χ1v) is 7.85. The first-order valence-electron chi connectivity index (χ1n) is 4.82. The predicted molar refractivity (Wildman–Crippen MR) is 71.6 cm³/mol. The number of thioether (sulfide) groups is 2. The molecule has 2 heterocycles. The van der Waals surface area contributed by atoms with E-state index in [4.69, 9.17) is 10.3 Å². The number of amides is 1. The topological polar surface area (TPSA) is 94.0 Å². The molecule has 0 saturated carbocycles. The number of nitrogens with zero attached hydrogens (tertiary/aromatic N) is 2. The lowest BCUT2D eigenvalue weighted by atomic mass is 10.3. The van der Waals surface area contributed by atoms with Crippen molar-refractivity contribution in [2.45, 2.75) is 14.4 Å². The zero-order valence-corrected chi connectivity index (χ0v) is 11.8. The third-order valence-corrected chi connectivity index (χ3v) is 5.08. The fourth-order valence-electron chi connectivity index (χ4n) is 1.19. The molecule has 2 rings (SSSR count). The molecule has 0 aliphatic carbocycles. The second-order valence-electron chi connectivity index (χ2n) is 3.08. The average molecular weight is 302 g/mol. The molecule has 0 aromatic carbocycles. The molecule has 0 unspecified atom stereocenters. The number of furan rings is 1. The summed E-state index contributed by atoms with van der Waals surface area (Å²) < 4.78 is 6.87. The standard InChI is InChI=1S/C9H10N4O2S3/c1-16-8-12-13-9(18-8)17-4-5-2-3-15-6(5)7(14)11-10/h2-3H,4,10H2,1H3,(H,11,14). The Kier molecular flexibility index (Phi) is 4.64. The van der Waals surface area contributed by atoms with Crippen molar-refractivity contribution in [3.05, 3.63) is 23.7 Å². The average Bonchev–Trinajstić information content (AvgIpc) is 3.03. The summed E-state index contributed by atoms with van der Waals surface area (Å²) in [6.45, 7) is 0. The van der Waals surface area contributed by atoms with Crippen molar-refractivity contribution in [1.82, 2.24) is 15.6 Å². The lowest BCUT2D eigenvalue weighted by molar-refractivity contribution is 0.0925. The van der Waals surface area contributed by atoms with Crippen molar-refractivity contribution in [1.29, 1.82) is 0 Å². The van der Waals surface area contributed by atoms with Gasteiger partial charge in [0, 0.05) is 11.3 Å². The molecule has 0 bridgehead atoms. The third kappa shape index (κ3) is 3.05. The number of hydrogen-bond acceptors (Lipinski definition) is 8. The Hall–Kier alpha value is -1.03. The summed E-state index contributed by atoms with van der Waals surface area (Å²) in [7, 11) is 0. The fourth-order valence-corrected chi connectivity index (χ4v) is 3.61. The summed E-state index contributed by atoms with van der Waals surface area (Å²) in [6, 6.07) is 1.74. The van der Waals surface area contributed by atoms with E-state index in [1.807, 2.05) is 11.7 Å². The van der Waals surface area contributed by atoms with Gasteiger partial charge in [0.2, 0.25) is 0 Å². The van der Waals surface area contributed by atoms with Gasteiger partial charge in [0.15, 0.2) is 14.4 Å². The van der Waals surface area contributed by atoms with Crippen LogP contribution in [0.4, 0.5) is 0 Å². The van der Waals surface area contributed by atoms with Gasteiger partial charge in [-0.25, -0.2) is 5.84 Å². The van der Waals surface area contributed by atoms with E-state index < -0.39 is 5.91 Å².